The molecule has 0 aliphatic heterocycles. The number of guanidine groups is 1. The lowest BCUT2D eigenvalue weighted by molar-refractivity contribution is -0.143. The van der Waals surface area contributed by atoms with Crippen molar-refractivity contribution in [2.24, 2.45) is 33.8 Å². The molecule has 5 unspecified atom stereocenters. The molecule has 0 radical (unpaired) electrons. The predicted octanol–water partition coefficient (Wildman–Crippen LogP) is -3.79. The Balaban J connectivity index is 5.42. The summed E-state index contributed by atoms with van der Waals surface area (Å²) in [6, 6.07) is -4.98. The molecule has 0 spiro atoms. The van der Waals surface area contributed by atoms with Gasteiger partial charge in [-0.25, -0.2) is 4.79 Å². The first-order chi connectivity index (χ1) is 16.3. The Kier molecular flexibility index (Phi) is 14.6. The van der Waals surface area contributed by atoms with Gasteiger partial charge >= 0.3 is 5.97 Å². The number of hydrogen-bond acceptors (Lipinski definition) is 8. The smallest absolute Gasteiger partial charge is 0.328 e. The van der Waals surface area contributed by atoms with E-state index in [2.05, 4.69) is 20.9 Å². The van der Waals surface area contributed by atoms with Crippen LogP contribution in [0, 0.1) is 5.92 Å². The predicted molar refractivity (Wildman–Crippen MR) is 126 cm³/mol. The molecule has 0 aromatic heterocycles. The van der Waals surface area contributed by atoms with Crippen LogP contribution in [-0.4, -0.2) is 83.1 Å². The first-order valence-electron chi connectivity index (χ1n) is 11.2. The Labute approximate surface area is 203 Å². The second kappa shape index (κ2) is 16.2. The molecule has 0 rings (SSSR count). The Morgan fingerprint density at radius 1 is 0.914 bits per heavy atom. The number of carbonyl (C=O) groups is 5. The fraction of sp³-hybridized carbons (Fsp3) is 0.700. The van der Waals surface area contributed by atoms with Crippen LogP contribution < -0.4 is 38.9 Å². The third kappa shape index (κ3) is 12.5. The van der Waals surface area contributed by atoms with Crippen molar-refractivity contribution in [3.8, 4) is 0 Å². The fourth-order valence-electron chi connectivity index (χ4n) is 2.89. The van der Waals surface area contributed by atoms with Crippen LogP contribution in [0.25, 0.3) is 0 Å². The van der Waals surface area contributed by atoms with Gasteiger partial charge in [0.15, 0.2) is 5.96 Å². The number of carbonyl (C=O) groups excluding carboxylic acids is 4. The van der Waals surface area contributed by atoms with Crippen LogP contribution in [0.1, 0.15) is 46.0 Å². The topological polar surface area (TPSA) is 278 Å². The number of rotatable bonds is 17. The Hall–Kier alpha value is -3.46. The quantitative estimate of drug-likeness (QED) is 0.0531. The molecule has 0 aromatic carbocycles. The van der Waals surface area contributed by atoms with Crippen LogP contribution in [-0.2, 0) is 24.0 Å². The van der Waals surface area contributed by atoms with Gasteiger partial charge in [0.05, 0.1) is 12.6 Å². The van der Waals surface area contributed by atoms with Crippen molar-refractivity contribution in [2.45, 2.75) is 70.1 Å². The number of aliphatic hydroxyl groups is 1. The molecule has 0 fully saturated rings. The number of amides is 4. The monoisotopic (exact) mass is 502 g/mol. The fourth-order valence-corrected chi connectivity index (χ4v) is 2.89. The summed E-state index contributed by atoms with van der Waals surface area (Å²) in [6.45, 7) is 2.90. The minimum absolute atomic E-state index is 0.0832. The van der Waals surface area contributed by atoms with Crippen molar-refractivity contribution in [3.05, 3.63) is 0 Å². The molecular formula is C20H38N8O7. The second-order valence-corrected chi connectivity index (χ2v) is 8.08. The average Bonchev–Trinajstić information content (AvgIpc) is 2.79. The van der Waals surface area contributed by atoms with Gasteiger partial charge in [0.1, 0.15) is 18.1 Å². The zero-order chi connectivity index (χ0) is 27.1. The van der Waals surface area contributed by atoms with Gasteiger partial charge in [-0.1, -0.05) is 20.3 Å². The van der Waals surface area contributed by atoms with E-state index in [1.54, 1.807) is 13.8 Å². The van der Waals surface area contributed by atoms with E-state index in [0.717, 1.165) is 0 Å². The molecule has 4 amide bonds. The third-order valence-electron chi connectivity index (χ3n) is 5.21. The number of nitrogens with zero attached hydrogens (tertiary/aromatic N) is 1. The molecule has 5 atom stereocenters. The van der Waals surface area contributed by atoms with Gasteiger partial charge in [0, 0.05) is 13.0 Å². The van der Waals surface area contributed by atoms with Crippen molar-refractivity contribution >= 4 is 35.6 Å². The average molecular weight is 503 g/mol. The SMILES string of the molecule is CCC(C)C(NC(=O)C(N)CCCN=C(N)N)C(=O)NC(CCC(N)=O)C(=O)NC(CO)C(=O)O. The van der Waals surface area contributed by atoms with Gasteiger partial charge in [0.25, 0.3) is 0 Å². The summed E-state index contributed by atoms with van der Waals surface area (Å²) in [6.07, 6.45) is 0.657. The number of nitrogens with one attached hydrogen (secondary N) is 3. The molecule has 0 aliphatic carbocycles. The molecule has 13 N–H and O–H groups in total. The number of primary amides is 1. The largest absolute Gasteiger partial charge is 0.480 e. The maximum Gasteiger partial charge on any atom is 0.328 e. The summed E-state index contributed by atoms with van der Waals surface area (Å²) in [5.41, 5.74) is 21.5. The standard InChI is InChI=1S/C20H38N8O7/c1-3-10(2)15(28-16(31)11(21)5-4-8-25-20(23)24)18(33)26-12(6-7-14(22)30)17(32)27-13(9-29)19(34)35/h10-13,15,29H,3-9,21H2,1-2H3,(H2,22,30)(H,26,33)(H,27,32)(H,28,31)(H,34,35)(H4,23,24,25). The lowest BCUT2D eigenvalue weighted by Crippen LogP contribution is -2.59. The van der Waals surface area contributed by atoms with Crippen LogP contribution in [0.3, 0.4) is 0 Å². The molecule has 15 heteroatoms. The summed E-state index contributed by atoms with van der Waals surface area (Å²) in [7, 11) is 0. The van der Waals surface area contributed by atoms with Crippen LogP contribution in [0.2, 0.25) is 0 Å². The van der Waals surface area contributed by atoms with E-state index in [9.17, 15) is 24.0 Å². The Morgan fingerprint density at radius 3 is 2.00 bits per heavy atom. The molecule has 0 saturated heterocycles. The number of hydrogen-bond donors (Lipinski definition) is 9. The van der Waals surface area contributed by atoms with Gasteiger partial charge in [-0.3, -0.25) is 24.2 Å². The van der Waals surface area contributed by atoms with Crippen molar-refractivity contribution in [2.75, 3.05) is 13.2 Å². The molecule has 0 aliphatic rings. The van der Waals surface area contributed by atoms with E-state index in [-0.39, 0.29) is 37.7 Å². The zero-order valence-corrected chi connectivity index (χ0v) is 20.0. The molecule has 0 saturated carbocycles. The molecule has 35 heavy (non-hydrogen) atoms. The highest BCUT2D eigenvalue weighted by Gasteiger charge is 2.32. The van der Waals surface area contributed by atoms with Gasteiger partial charge in [-0.15, -0.1) is 0 Å². The van der Waals surface area contributed by atoms with E-state index < -0.39 is 60.4 Å². The maximum absolute atomic E-state index is 13.0. The van der Waals surface area contributed by atoms with Crippen molar-refractivity contribution in [3.63, 3.8) is 0 Å². The second-order valence-electron chi connectivity index (χ2n) is 8.08. The normalized spacial score (nSPS) is 15.0. The maximum atomic E-state index is 13.0. The zero-order valence-electron chi connectivity index (χ0n) is 20.0. The first-order valence-corrected chi connectivity index (χ1v) is 11.2. The van der Waals surface area contributed by atoms with E-state index in [0.29, 0.717) is 12.8 Å². The molecule has 15 nitrogen and oxygen atoms in total. The highest BCUT2D eigenvalue weighted by atomic mass is 16.4. The molecule has 0 heterocycles. The van der Waals surface area contributed by atoms with E-state index in [4.69, 9.17) is 33.1 Å². The summed E-state index contributed by atoms with van der Waals surface area (Å²) in [5, 5.41) is 25.3. The van der Waals surface area contributed by atoms with Crippen LogP contribution in [0.15, 0.2) is 4.99 Å². The van der Waals surface area contributed by atoms with Gasteiger partial charge in [-0.2, -0.15) is 0 Å². The summed E-state index contributed by atoms with van der Waals surface area (Å²) in [5.74, 6) is -4.95. The molecule has 0 aromatic rings. The van der Waals surface area contributed by atoms with Crippen LogP contribution in [0.5, 0.6) is 0 Å². The van der Waals surface area contributed by atoms with Crippen molar-refractivity contribution < 1.29 is 34.2 Å². The highest BCUT2D eigenvalue weighted by molar-refractivity contribution is 5.94. The number of aliphatic carboxylic acids is 1. The van der Waals surface area contributed by atoms with Crippen molar-refractivity contribution in [1.82, 2.24) is 16.0 Å². The lowest BCUT2D eigenvalue weighted by atomic mass is 9.96. The molecule has 200 valence electrons. The van der Waals surface area contributed by atoms with Gasteiger partial charge in [0.2, 0.25) is 23.6 Å². The minimum Gasteiger partial charge on any atom is -0.480 e. The van der Waals surface area contributed by atoms with Crippen LogP contribution in [0.4, 0.5) is 0 Å². The lowest BCUT2D eigenvalue weighted by Gasteiger charge is -2.27. The molecular weight excluding hydrogens is 464 g/mol. The minimum atomic E-state index is -1.61. The number of aliphatic hydroxyl groups excluding tert-OH is 1. The number of nitrogens with two attached hydrogens (primary N) is 4. The van der Waals surface area contributed by atoms with Gasteiger partial charge in [-0.05, 0) is 25.2 Å². The first kappa shape index (κ1) is 31.5. The highest BCUT2D eigenvalue weighted by Crippen LogP contribution is 2.10. The Morgan fingerprint density at radius 2 is 1.51 bits per heavy atom. The summed E-state index contributed by atoms with van der Waals surface area (Å²) >= 11 is 0. The number of aliphatic imine (C=N–C) groups is 1. The molecule has 0 bridgehead atoms. The van der Waals surface area contributed by atoms with E-state index in [1.807, 2.05) is 0 Å². The van der Waals surface area contributed by atoms with Gasteiger partial charge < -0.3 is 49.1 Å². The number of carboxylic acids is 1. The van der Waals surface area contributed by atoms with E-state index in [1.165, 1.54) is 0 Å². The summed E-state index contributed by atoms with van der Waals surface area (Å²) in [4.78, 5) is 64.3. The van der Waals surface area contributed by atoms with Crippen LogP contribution >= 0.6 is 0 Å². The van der Waals surface area contributed by atoms with Crippen molar-refractivity contribution in [1.29, 1.82) is 0 Å². The number of carboxylic acid groups (broad SMARTS) is 1. The van der Waals surface area contributed by atoms with E-state index >= 15 is 0 Å². The Bertz CT molecular complexity index is 773. The third-order valence-corrected chi connectivity index (χ3v) is 5.21. The summed E-state index contributed by atoms with van der Waals surface area (Å²) < 4.78 is 0.